The SMILES string of the molecule is CCc1ccc2c(c1)C1CC3CCC21C3NS(=O)(=O)c1ccccc1. The Morgan fingerprint density at radius 1 is 1.16 bits per heavy atom. The second-order valence-electron chi connectivity index (χ2n) is 7.81. The predicted octanol–water partition coefficient (Wildman–Crippen LogP) is 3.74. The molecule has 1 spiro atoms. The first-order chi connectivity index (χ1) is 12.1. The molecule has 0 heterocycles. The Hall–Kier alpha value is -1.65. The Kier molecular flexibility index (Phi) is 3.23. The molecule has 4 atom stereocenters. The van der Waals surface area contributed by atoms with Crippen molar-refractivity contribution < 1.29 is 8.42 Å². The minimum absolute atomic E-state index is 0.0358. The quantitative estimate of drug-likeness (QED) is 0.910. The van der Waals surface area contributed by atoms with Gasteiger partial charge in [0, 0.05) is 11.5 Å². The molecular formula is C21H23NO2S. The van der Waals surface area contributed by atoms with E-state index < -0.39 is 10.0 Å². The average Bonchev–Trinajstić information content (AvgIpc) is 3.11. The first-order valence-corrected chi connectivity index (χ1v) is 10.8. The fourth-order valence-electron chi connectivity index (χ4n) is 5.72. The topological polar surface area (TPSA) is 46.2 Å². The molecule has 25 heavy (non-hydrogen) atoms. The molecule has 0 saturated heterocycles. The van der Waals surface area contributed by atoms with Gasteiger partial charge in [0.25, 0.3) is 0 Å². The number of rotatable bonds is 4. The Labute approximate surface area is 149 Å². The van der Waals surface area contributed by atoms with E-state index in [1.54, 1.807) is 24.3 Å². The summed E-state index contributed by atoms with van der Waals surface area (Å²) in [5.74, 6) is 0.997. The van der Waals surface area contributed by atoms with Gasteiger partial charge in [-0.1, -0.05) is 43.3 Å². The summed E-state index contributed by atoms with van der Waals surface area (Å²) in [6.07, 6.45) is 4.43. The highest BCUT2D eigenvalue weighted by molar-refractivity contribution is 7.89. The Morgan fingerprint density at radius 3 is 2.72 bits per heavy atom. The molecule has 0 radical (unpaired) electrons. The number of hydrogen-bond donors (Lipinski definition) is 1. The predicted molar refractivity (Wildman–Crippen MR) is 98.1 cm³/mol. The van der Waals surface area contributed by atoms with Crippen LogP contribution in [-0.2, 0) is 21.9 Å². The number of aryl methyl sites for hydroxylation is 1. The monoisotopic (exact) mass is 353 g/mol. The molecule has 0 aliphatic heterocycles. The molecule has 2 aromatic rings. The van der Waals surface area contributed by atoms with Crippen LogP contribution in [0.25, 0.3) is 0 Å². The minimum Gasteiger partial charge on any atom is -0.207 e. The van der Waals surface area contributed by atoms with Crippen LogP contribution >= 0.6 is 0 Å². The summed E-state index contributed by atoms with van der Waals surface area (Å²) in [4.78, 5) is 0.370. The van der Waals surface area contributed by atoms with E-state index in [4.69, 9.17) is 0 Å². The maximum atomic E-state index is 12.9. The maximum absolute atomic E-state index is 12.9. The smallest absolute Gasteiger partial charge is 0.207 e. The molecule has 1 N–H and O–H groups in total. The van der Waals surface area contributed by atoms with Gasteiger partial charge in [-0.25, -0.2) is 13.1 Å². The van der Waals surface area contributed by atoms with Crippen molar-refractivity contribution in [2.75, 3.05) is 0 Å². The summed E-state index contributed by atoms with van der Waals surface area (Å²) in [5, 5.41) is 0. The minimum atomic E-state index is -3.46. The maximum Gasteiger partial charge on any atom is 0.240 e. The summed E-state index contributed by atoms with van der Waals surface area (Å²) in [6.45, 7) is 2.19. The highest BCUT2D eigenvalue weighted by Crippen LogP contribution is 2.69. The van der Waals surface area contributed by atoms with Crippen molar-refractivity contribution in [2.45, 2.75) is 54.9 Å². The van der Waals surface area contributed by atoms with Crippen molar-refractivity contribution in [3.63, 3.8) is 0 Å². The lowest BCUT2D eigenvalue weighted by atomic mass is 9.55. The zero-order valence-electron chi connectivity index (χ0n) is 14.4. The molecule has 3 aliphatic carbocycles. The lowest BCUT2D eigenvalue weighted by Crippen LogP contribution is -2.52. The molecule has 4 heteroatoms. The Balaban J connectivity index is 1.52. The van der Waals surface area contributed by atoms with Crippen molar-refractivity contribution in [3.8, 4) is 0 Å². The first kappa shape index (κ1) is 15.6. The van der Waals surface area contributed by atoms with Crippen LogP contribution in [0, 0.1) is 5.92 Å². The van der Waals surface area contributed by atoms with Gasteiger partial charge in [-0.05, 0) is 66.3 Å². The van der Waals surface area contributed by atoms with Crippen LogP contribution in [0.5, 0.6) is 0 Å². The van der Waals surface area contributed by atoms with Gasteiger partial charge >= 0.3 is 0 Å². The number of sulfonamides is 1. The molecule has 0 amide bonds. The molecule has 5 rings (SSSR count). The van der Waals surface area contributed by atoms with Gasteiger partial charge in [0.2, 0.25) is 10.0 Å². The van der Waals surface area contributed by atoms with Gasteiger partial charge in [0.05, 0.1) is 4.90 Å². The van der Waals surface area contributed by atoms with Crippen LogP contribution in [0.2, 0.25) is 0 Å². The number of hydrogen-bond acceptors (Lipinski definition) is 2. The molecule has 3 nitrogen and oxygen atoms in total. The van der Waals surface area contributed by atoms with Crippen LogP contribution in [0.1, 0.15) is 48.8 Å². The molecule has 2 fully saturated rings. The highest BCUT2D eigenvalue weighted by atomic mass is 32.2. The van der Waals surface area contributed by atoms with Gasteiger partial charge in [-0.3, -0.25) is 0 Å². The lowest BCUT2D eigenvalue weighted by Gasteiger charge is -2.50. The lowest BCUT2D eigenvalue weighted by molar-refractivity contribution is 0.287. The van der Waals surface area contributed by atoms with E-state index in [-0.39, 0.29) is 11.5 Å². The van der Waals surface area contributed by atoms with E-state index in [1.807, 2.05) is 6.07 Å². The second-order valence-corrected chi connectivity index (χ2v) is 9.53. The summed E-state index contributed by atoms with van der Waals surface area (Å²) >= 11 is 0. The summed E-state index contributed by atoms with van der Waals surface area (Å²) in [5.41, 5.74) is 4.30. The first-order valence-electron chi connectivity index (χ1n) is 9.27. The second kappa shape index (κ2) is 5.18. The van der Waals surface area contributed by atoms with E-state index in [1.165, 1.54) is 16.7 Å². The largest absolute Gasteiger partial charge is 0.240 e. The van der Waals surface area contributed by atoms with Crippen LogP contribution < -0.4 is 4.72 Å². The summed E-state index contributed by atoms with van der Waals surface area (Å²) in [6, 6.07) is 15.7. The molecule has 0 aromatic heterocycles. The molecule has 130 valence electrons. The van der Waals surface area contributed by atoms with Gasteiger partial charge in [0.1, 0.15) is 0 Å². The molecule has 3 aliphatic rings. The fourth-order valence-corrected chi connectivity index (χ4v) is 7.11. The molecular weight excluding hydrogens is 330 g/mol. The van der Waals surface area contributed by atoms with Crippen LogP contribution in [-0.4, -0.2) is 14.5 Å². The van der Waals surface area contributed by atoms with E-state index in [9.17, 15) is 8.42 Å². The van der Waals surface area contributed by atoms with E-state index in [0.29, 0.717) is 16.7 Å². The summed E-state index contributed by atoms with van der Waals surface area (Å²) in [7, 11) is -3.46. The standard InChI is InChI=1S/C21H23NO2S/c1-2-14-8-9-18-17(12-14)19-13-15-10-11-21(18,19)20(15)22-25(23,24)16-6-4-3-5-7-16/h3-9,12,15,19-20,22H,2,10-11,13H2,1H3. The van der Waals surface area contributed by atoms with Crippen molar-refractivity contribution in [1.29, 1.82) is 0 Å². The number of fused-ring (bicyclic) bond motifs is 3. The van der Waals surface area contributed by atoms with Crippen molar-refractivity contribution >= 4 is 10.0 Å². The zero-order chi connectivity index (χ0) is 17.2. The molecule has 4 unspecified atom stereocenters. The average molecular weight is 353 g/mol. The Morgan fingerprint density at radius 2 is 1.96 bits per heavy atom. The number of benzene rings is 2. The number of nitrogens with one attached hydrogen (secondary N) is 1. The highest BCUT2D eigenvalue weighted by Gasteiger charge is 2.67. The van der Waals surface area contributed by atoms with Gasteiger partial charge in [-0.15, -0.1) is 0 Å². The zero-order valence-corrected chi connectivity index (χ0v) is 15.2. The van der Waals surface area contributed by atoms with E-state index in [0.717, 1.165) is 25.7 Å². The molecule has 2 aromatic carbocycles. The van der Waals surface area contributed by atoms with Gasteiger partial charge < -0.3 is 0 Å². The fraction of sp³-hybridized carbons (Fsp3) is 0.429. The van der Waals surface area contributed by atoms with Crippen molar-refractivity contribution in [3.05, 3.63) is 65.2 Å². The van der Waals surface area contributed by atoms with Gasteiger partial charge in [-0.2, -0.15) is 0 Å². The third kappa shape index (κ3) is 1.98. The third-order valence-electron chi connectivity index (χ3n) is 6.85. The Bertz CT molecular complexity index is 938. The van der Waals surface area contributed by atoms with Crippen molar-refractivity contribution in [1.82, 2.24) is 4.72 Å². The van der Waals surface area contributed by atoms with Gasteiger partial charge in [0.15, 0.2) is 0 Å². The molecule has 2 bridgehead atoms. The van der Waals surface area contributed by atoms with Crippen LogP contribution in [0.4, 0.5) is 0 Å². The van der Waals surface area contributed by atoms with Crippen molar-refractivity contribution in [2.24, 2.45) is 5.92 Å². The van der Waals surface area contributed by atoms with Crippen LogP contribution in [0.3, 0.4) is 0 Å². The normalized spacial score (nSPS) is 32.1. The molecule has 2 saturated carbocycles. The van der Waals surface area contributed by atoms with E-state index in [2.05, 4.69) is 29.8 Å². The van der Waals surface area contributed by atoms with Crippen LogP contribution in [0.15, 0.2) is 53.4 Å². The van der Waals surface area contributed by atoms with E-state index >= 15 is 0 Å². The third-order valence-corrected chi connectivity index (χ3v) is 8.31. The summed E-state index contributed by atoms with van der Waals surface area (Å²) < 4.78 is 28.9.